The van der Waals surface area contributed by atoms with E-state index < -0.39 is 0 Å². The Kier molecular flexibility index (Phi) is 4.96. The second kappa shape index (κ2) is 7.13. The first kappa shape index (κ1) is 16.0. The number of nitrogens with zero attached hydrogens (tertiary/aromatic N) is 2. The molecule has 3 rings (SSSR count). The maximum atomic E-state index is 12.5. The third-order valence-corrected chi connectivity index (χ3v) is 4.70. The van der Waals surface area contributed by atoms with Crippen molar-refractivity contribution in [2.24, 2.45) is 5.92 Å². The molecular formula is C18H24N2O3. The average molecular weight is 316 g/mol. The fourth-order valence-electron chi connectivity index (χ4n) is 3.23. The molecule has 2 aliphatic rings. The van der Waals surface area contributed by atoms with Crippen LogP contribution in [0.2, 0.25) is 0 Å². The molecule has 1 atom stereocenters. The molecule has 0 aliphatic carbocycles. The van der Waals surface area contributed by atoms with Crippen molar-refractivity contribution >= 4 is 11.8 Å². The van der Waals surface area contributed by atoms with Gasteiger partial charge < -0.3 is 14.5 Å². The van der Waals surface area contributed by atoms with Crippen molar-refractivity contribution in [1.29, 1.82) is 0 Å². The number of piperidine rings is 1. The van der Waals surface area contributed by atoms with E-state index in [9.17, 15) is 9.59 Å². The number of likely N-dealkylation sites (tertiary alicyclic amines) is 2. The highest BCUT2D eigenvalue weighted by molar-refractivity contribution is 5.81. The summed E-state index contributed by atoms with van der Waals surface area (Å²) in [5, 5.41) is 0. The van der Waals surface area contributed by atoms with E-state index in [1.165, 1.54) is 0 Å². The second-order valence-electron chi connectivity index (χ2n) is 6.47. The highest BCUT2D eigenvalue weighted by Gasteiger charge is 2.37. The minimum atomic E-state index is -0.0391. The molecule has 2 fully saturated rings. The van der Waals surface area contributed by atoms with Crippen LogP contribution in [0.1, 0.15) is 25.3 Å². The van der Waals surface area contributed by atoms with Gasteiger partial charge in [0.2, 0.25) is 11.8 Å². The van der Waals surface area contributed by atoms with Crippen LogP contribution < -0.4 is 0 Å². The largest absolute Gasteiger partial charge is 0.370 e. The van der Waals surface area contributed by atoms with E-state index in [4.69, 9.17) is 4.74 Å². The van der Waals surface area contributed by atoms with Crippen molar-refractivity contribution in [2.45, 2.75) is 32.5 Å². The lowest BCUT2D eigenvalue weighted by molar-refractivity contribution is -0.153. The Morgan fingerprint density at radius 1 is 1.13 bits per heavy atom. The minimum Gasteiger partial charge on any atom is -0.370 e. The summed E-state index contributed by atoms with van der Waals surface area (Å²) in [6.45, 7) is 4.85. The first-order valence-electron chi connectivity index (χ1n) is 8.33. The van der Waals surface area contributed by atoms with E-state index in [0.29, 0.717) is 26.2 Å². The van der Waals surface area contributed by atoms with E-state index in [1.54, 1.807) is 11.8 Å². The van der Waals surface area contributed by atoms with E-state index in [0.717, 1.165) is 24.9 Å². The fourth-order valence-corrected chi connectivity index (χ4v) is 3.23. The van der Waals surface area contributed by atoms with Gasteiger partial charge >= 0.3 is 0 Å². The summed E-state index contributed by atoms with van der Waals surface area (Å²) in [6, 6.07) is 10.1. The van der Waals surface area contributed by atoms with E-state index in [-0.39, 0.29) is 23.8 Å². The van der Waals surface area contributed by atoms with Gasteiger partial charge in [-0.25, -0.2) is 0 Å². The molecule has 2 saturated heterocycles. The van der Waals surface area contributed by atoms with Gasteiger partial charge in [-0.3, -0.25) is 9.59 Å². The SMILES string of the molecule is CC(=O)N1CCC[C@H](C(=O)N2CC(OCc3ccccc3)C2)C1. The van der Waals surface area contributed by atoms with Crippen LogP contribution in [0.25, 0.3) is 0 Å². The Labute approximate surface area is 137 Å². The van der Waals surface area contributed by atoms with Crippen LogP contribution in [0, 0.1) is 5.92 Å². The summed E-state index contributed by atoms with van der Waals surface area (Å²) in [7, 11) is 0. The number of hydrogen-bond donors (Lipinski definition) is 0. The number of carbonyl (C=O) groups excluding carboxylic acids is 2. The predicted molar refractivity (Wildman–Crippen MR) is 86.6 cm³/mol. The van der Waals surface area contributed by atoms with Crippen molar-refractivity contribution in [3.8, 4) is 0 Å². The quantitative estimate of drug-likeness (QED) is 0.849. The summed E-state index contributed by atoms with van der Waals surface area (Å²) in [5.41, 5.74) is 1.15. The molecule has 2 heterocycles. The Bertz CT molecular complexity index is 555. The van der Waals surface area contributed by atoms with Gasteiger partial charge in [0.15, 0.2) is 0 Å². The van der Waals surface area contributed by atoms with E-state index in [2.05, 4.69) is 0 Å². The minimum absolute atomic E-state index is 0.0391. The molecule has 23 heavy (non-hydrogen) atoms. The Morgan fingerprint density at radius 3 is 2.57 bits per heavy atom. The number of carbonyl (C=O) groups is 2. The monoisotopic (exact) mass is 316 g/mol. The predicted octanol–water partition coefficient (Wildman–Crippen LogP) is 1.67. The maximum absolute atomic E-state index is 12.5. The summed E-state index contributed by atoms with van der Waals surface area (Å²) in [6.07, 6.45) is 1.93. The molecule has 0 unspecified atom stereocenters. The molecule has 124 valence electrons. The molecule has 5 heteroatoms. The van der Waals surface area contributed by atoms with Gasteiger partial charge in [-0.1, -0.05) is 30.3 Å². The number of ether oxygens (including phenoxy) is 1. The lowest BCUT2D eigenvalue weighted by Gasteiger charge is -2.42. The standard InChI is InChI=1S/C18H24N2O3/c1-14(21)19-9-5-8-16(10-19)18(22)20-11-17(12-20)23-13-15-6-3-2-4-7-15/h2-4,6-7,16-17H,5,8-13H2,1H3/t16-/m0/s1. The molecule has 0 N–H and O–H groups in total. The molecule has 0 bridgehead atoms. The van der Waals surface area contributed by atoms with Gasteiger partial charge in [0, 0.05) is 33.1 Å². The van der Waals surface area contributed by atoms with Crippen molar-refractivity contribution in [3.05, 3.63) is 35.9 Å². The summed E-state index contributed by atoms with van der Waals surface area (Å²) < 4.78 is 5.83. The highest BCUT2D eigenvalue weighted by atomic mass is 16.5. The topological polar surface area (TPSA) is 49.9 Å². The van der Waals surface area contributed by atoms with Crippen molar-refractivity contribution in [3.63, 3.8) is 0 Å². The van der Waals surface area contributed by atoms with Gasteiger partial charge in [-0.05, 0) is 18.4 Å². The van der Waals surface area contributed by atoms with Crippen molar-refractivity contribution in [1.82, 2.24) is 9.80 Å². The maximum Gasteiger partial charge on any atom is 0.227 e. The zero-order valence-electron chi connectivity index (χ0n) is 13.6. The molecule has 1 aromatic carbocycles. The van der Waals surface area contributed by atoms with Gasteiger partial charge in [0.1, 0.15) is 0 Å². The third-order valence-electron chi connectivity index (χ3n) is 4.70. The number of amides is 2. The lowest BCUT2D eigenvalue weighted by Crippen LogP contribution is -2.58. The molecule has 0 aromatic heterocycles. The molecule has 0 saturated carbocycles. The molecule has 0 radical (unpaired) electrons. The van der Waals surface area contributed by atoms with Crippen LogP contribution >= 0.6 is 0 Å². The van der Waals surface area contributed by atoms with Crippen LogP contribution in [-0.2, 0) is 20.9 Å². The average Bonchev–Trinajstić information content (AvgIpc) is 2.54. The second-order valence-corrected chi connectivity index (χ2v) is 6.47. The van der Waals surface area contributed by atoms with Gasteiger partial charge in [-0.15, -0.1) is 0 Å². The van der Waals surface area contributed by atoms with Crippen LogP contribution in [0.3, 0.4) is 0 Å². The normalized spacial score (nSPS) is 21.9. The van der Waals surface area contributed by atoms with Crippen LogP contribution in [-0.4, -0.2) is 53.9 Å². The van der Waals surface area contributed by atoms with Gasteiger partial charge in [0.25, 0.3) is 0 Å². The lowest BCUT2D eigenvalue weighted by atomic mass is 9.95. The molecule has 1 aromatic rings. The van der Waals surface area contributed by atoms with Crippen LogP contribution in [0.4, 0.5) is 0 Å². The summed E-state index contributed by atoms with van der Waals surface area (Å²) in [4.78, 5) is 27.6. The molecular weight excluding hydrogens is 292 g/mol. The molecule has 2 amide bonds. The Hall–Kier alpha value is -1.88. The van der Waals surface area contributed by atoms with Crippen LogP contribution in [0.5, 0.6) is 0 Å². The number of rotatable bonds is 4. The highest BCUT2D eigenvalue weighted by Crippen LogP contribution is 2.23. The third kappa shape index (κ3) is 3.91. The Balaban J connectivity index is 1.42. The van der Waals surface area contributed by atoms with Crippen molar-refractivity contribution in [2.75, 3.05) is 26.2 Å². The summed E-state index contributed by atoms with van der Waals surface area (Å²) >= 11 is 0. The zero-order chi connectivity index (χ0) is 16.2. The first-order valence-corrected chi connectivity index (χ1v) is 8.33. The summed E-state index contributed by atoms with van der Waals surface area (Å²) in [5.74, 6) is 0.202. The fraction of sp³-hybridized carbons (Fsp3) is 0.556. The first-order chi connectivity index (χ1) is 11.1. The van der Waals surface area contributed by atoms with Crippen LogP contribution in [0.15, 0.2) is 30.3 Å². The molecule has 5 nitrogen and oxygen atoms in total. The number of benzene rings is 1. The smallest absolute Gasteiger partial charge is 0.227 e. The van der Waals surface area contributed by atoms with Gasteiger partial charge in [-0.2, -0.15) is 0 Å². The van der Waals surface area contributed by atoms with E-state index >= 15 is 0 Å². The zero-order valence-corrected chi connectivity index (χ0v) is 13.6. The van der Waals surface area contributed by atoms with Gasteiger partial charge in [0.05, 0.1) is 18.6 Å². The number of hydrogen-bond acceptors (Lipinski definition) is 3. The van der Waals surface area contributed by atoms with Crippen molar-refractivity contribution < 1.29 is 14.3 Å². The van der Waals surface area contributed by atoms with E-state index in [1.807, 2.05) is 35.2 Å². The molecule has 2 aliphatic heterocycles. The molecule has 0 spiro atoms. The Morgan fingerprint density at radius 2 is 1.87 bits per heavy atom.